The summed E-state index contributed by atoms with van der Waals surface area (Å²) in [5, 5.41) is 12.0. The van der Waals surface area contributed by atoms with E-state index in [4.69, 9.17) is 5.11 Å². The van der Waals surface area contributed by atoms with Gasteiger partial charge in [-0.05, 0) is 23.6 Å². The van der Waals surface area contributed by atoms with Crippen molar-refractivity contribution in [3.63, 3.8) is 0 Å². The number of carboxylic acids is 1. The van der Waals surface area contributed by atoms with Crippen LogP contribution in [-0.2, 0) is 4.79 Å². The van der Waals surface area contributed by atoms with Crippen molar-refractivity contribution in [2.75, 3.05) is 6.54 Å². The van der Waals surface area contributed by atoms with E-state index in [9.17, 15) is 9.59 Å². The van der Waals surface area contributed by atoms with Gasteiger partial charge in [-0.25, -0.2) is 0 Å². The lowest BCUT2D eigenvalue weighted by Gasteiger charge is -2.03. The molecule has 1 aromatic carbocycles. The van der Waals surface area contributed by atoms with Crippen LogP contribution in [0.5, 0.6) is 0 Å². The molecule has 0 aliphatic heterocycles. The molecule has 1 heterocycles. The van der Waals surface area contributed by atoms with Gasteiger partial charge in [-0.15, -0.1) is 0 Å². The molecule has 0 bridgehead atoms. The summed E-state index contributed by atoms with van der Waals surface area (Å²) in [7, 11) is 0. The van der Waals surface area contributed by atoms with Crippen LogP contribution in [0.4, 0.5) is 0 Å². The molecule has 2 rings (SSSR count). The Morgan fingerprint density at radius 2 is 2.12 bits per heavy atom. The van der Waals surface area contributed by atoms with Gasteiger partial charge >= 0.3 is 5.97 Å². The summed E-state index contributed by atoms with van der Waals surface area (Å²) < 4.78 is 0. The minimum atomic E-state index is -0.926. The highest BCUT2D eigenvalue weighted by Crippen LogP contribution is 2.13. The van der Waals surface area contributed by atoms with Gasteiger partial charge in [0.05, 0.1) is 6.42 Å². The molecule has 2 aromatic rings. The Morgan fingerprint density at radius 3 is 2.88 bits per heavy atom. The summed E-state index contributed by atoms with van der Waals surface area (Å²) in [4.78, 5) is 25.0. The highest BCUT2D eigenvalue weighted by Gasteiger charge is 2.06. The second-order valence-corrected chi connectivity index (χ2v) is 3.68. The fourth-order valence-corrected chi connectivity index (χ4v) is 1.57. The molecule has 88 valence electrons. The van der Waals surface area contributed by atoms with E-state index in [1.54, 1.807) is 18.3 Å². The van der Waals surface area contributed by atoms with E-state index >= 15 is 0 Å². The molecule has 0 aliphatic rings. The number of hydrogen-bond acceptors (Lipinski definition) is 2. The summed E-state index contributed by atoms with van der Waals surface area (Å²) in [6, 6.07) is 7.22. The van der Waals surface area contributed by atoms with E-state index in [1.165, 1.54) is 0 Å². The fourth-order valence-electron chi connectivity index (χ4n) is 1.57. The number of benzene rings is 1. The SMILES string of the molecule is O=C(O)CCNC(=O)c1ccc2cc[nH]c2c1. The largest absolute Gasteiger partial charge is 0.481 e. The van der Waals surface area contributed by atoms with E-state index in [0.29, 0.717) is 5.56 Å². The quantitative estimate of drug-likeness (QED) is 0.744. The number of rotatable bonds is 4. The zero-order valence-electron chi connectivity index (χ0n) is 9.06. The van der Waals surface area contributed by atoms with Gasteiger partial charge in [-0.1, -0.05) is 6.07 Å². The lowest BCUT2D eigenvalue weighted by atomic mass is 10.1. The van der Waals surface area contributed by atoms with Crippen LogP contribution in [0, 0.1) is 0 Å². The Bertz CT molecular complexity index is 560. The van der Waals surface area contributed by atoms with E-state index < -0.39 is 5.97 Å². The van der Waals surface area contributed by atoms with E-state index in [0.717, 1.165) is 10.9 Å². The van der Waals surface area contributed by atoms with Crippen molar-refractivity contribution < 1.29 is 14.7 Å². The van der Waals surface area contributed by atoms with Crippen LogP contribution in [-0.4, -0.2) is 28.5 Å². The van der Waals surface area contributed by atoms with Crippen molar-refractivity contribution >= 4 is 22.8 Å². The number of H-pyrrole nitrogens is 1. The number of carboxylic acid groups (broad SMARTS) is 1. The van der Waals surface area contributed by atoms with Gasteiger partial charge in [0.25, 0.3) is 5.91 Å². The van der Waals surface area contributed by atoms with E-state index in [-0.39, 0.29) is 18.9 Å². The number of aromatic nitrogens is 1. The molecular weight excluding hydrogens is 220 g/mol. The topological polar surface area (TPSA) is 82.2 Å². The number of aliphatic carboxylic acids is 1. The molecule has 0 fully saturated rings. The molecule has 0 spiro atoms. The van der Waals surface area contributed by atoms with Gasteiger partial charge in [0.15, 0.2) is 0 Å². The first-order chi connectivity index (χ1) is 8.16. The minimum Gasteiger partial charge on any atom is -0.481 e. The summed E-state index contributed by atoms with van der Waals surface area (Å²) in [6.07, 6.45) is 1.73. The van der Waals surface area contributed by atoms with Crippen LogP contribution in [0.1, 0.15) is 16.8 Å². The van der Waals surface area contributed by atoms with Gasteiger partial charge in [0.1, 0.15) is 0 Å². The summed E-state index contributed by atoms with van der Waals surface area (Å²) in [5.74, 6) is -1.19. The van der Waals surface area contributed by atoms with Gasteiger partial charge in [0, 0.05) is 23.8 Å². The molecular formula is C12H12N2O3. The molecule has 1 amide bonds. The zero-order chi connectivity index (χ0) is 12.3. The van der Waals surface area contributed by atoms with Crippen LogP contribution in [0.25, 0.3) is 10.9 Å². The predicted octanol–water partition coefficient (Wildman–Crippen LogP) is 1.37. The normalized spacial score (nSPS) is 10.4. The first-order valence-electron chi connectivity index (χ1n) is 5.24. The van der Waals surface area contributed by atoms with E-state index in [1.807, 2.05) is 12.1 Å². The van der Waals surface area contributed by atoms with Crippen molar-refractivity contribution in [3.8, 4) is 0 Å². The third kappa shape index (κ3) is 2.63. The first-order valence-corrected chi connectivity index (χ1v) is 5.24. The molecule has 0 saturated heterocycles. The average molecular weight is 232 g/mol. The standard InChI is InChI=1S/C12H12N2O3/c15-11(16)4-6-14-12(17)9-2-1-8-3-5-13-10(8)7-9/h1-3,5,7,13H,4,6H2,(H,14,17)(H,15,16). The molecule has 5 heteroatoms. The molecule has 5 nitrogen and oxygen atoms in total. The number of hydrogen-bond donors (Lipinski definition) is 3. The molecule has 0 radical (unpaired) electrons. The lowest BCUT2D eigenvalue weighted by Crippen LogP contribution is -2.25. The van der Waals surface area contributed by atoms with Gasteiger partial charge in [0.2, 0.25) is 0 Å². The first kappa shape index (κ1) is 11.2. The maximum atomic E-state index is 11.7. The highest BCUT2D eigenvalue weighted by molar-refractivity contribution is 5.97. The van der Waals surface area contributed by atoms with Crippen LogP contribution < -0.4 is 5.32 Å². The second kappa shape index (κ2) is 4.69. The number of nitrogens with one attached hydrogen (secondary N) is 2. The number of aromatic amines is 1. The Hall–Kier alpha value is -2.30. The van der Waals surface area contributed by atoms with Gasteiger partial charge in [-0.3, -0.25) is 9.59 Å². The molecule has 3 N–H and O–H groups in total. The minimum absolute atomic E-state index is 0.0729. The molecule has 0 atom stereocenters. The van der Waals surface area contributed by atoms with Crippen molar-refractivity contribution in [1.29, 1.82) is 0 Å². The Labute approximate surface area is 97.4 Å². The average Bonchev–Trinajstić information content (AvgIpc) is 2.75. The van der Waals surface area contributed by atoms with Crippen molar-refractivity contribution in [2.45, 2.75) is 6.42 Å². The van der Waals surface area contributed by atoms with E-state index in [2.05, 4.69) is 10.3 Å². The Kier molecular flexibility index (Phi) is 3.09. The highest BCUT2D eigenvalue weighted by atomic mass is 16.4. The van der Waals surface area contributed by atoms with Crippen LogP contribution >= 0.6 is 0 Å². The summed E-state index contributed by atoms with van der Waals surface area (Å²) in [6.45, 7) is 0.136. The third-order valence-corrected chi connectivity index (χ3v) is 2.44. The number of fused-ring (bicyclic) bond motifs is 1. The van der Waals surface area contributed by atoms with Crippen LogP contribution in [0.2, 0.25) is 0 Å². The number of amides is 1. The zero-order valence-corrected chi connectivity index (χ0v) is 9.06. The fraction of sp³-hybridized carbons (Fsp3) is 0.167. The summed E-state index contributed by atoms with van der Waals surface area (Å²) in [5.41, 5.74) is 1.40. The molecule has 17 heavy (non-hydrogen) atoms. The molecule has 0 aliphatic carbocycles. The third-order valence-electron chi connectivity index (χ3n) is 2.44. The molecule has 0 unspecified atom stereocenters. The smallest absolute Gasteiger partial charge is 0.305 e. The number of carbonyl (C=O) groups excluding carboxylic acids is 1. The van der Waals surface area contributed by atoms with Gasteiger partial charge < -0.3 is 15.4 Å². The Balaban J connectivity index is 2.05. The maximum absolute atomic E-state index is 11.7. The maximum Gasteiger partial charge on any atom is 0.305 e. The summed E-state index contributed by atoms with van der Waals surface area (Å²) >= 11 is 0. The predicted molar refractivity (Wildman–Crippen MR) is 62.9 cm³/mol. The number of carbonyl (C=O) groups is 2. The van der Waals surface area contributed by atoms with Crippen molar-refractivity contribution in [2.24, 2.45) is 0 Å². The van der Waals surface area contributed by atoms with Gasteiger partial charge in [-0.2, -0.15) is 0 Å². The second-order valence-electron chi connectivity index (χ2n) is 3.68. The van der Waals surface area contributed by atoms with Crippen LogP contribution in [0.3, 0.4) is 0 Å². The van der Waals surface area contributed by atoms with Crippen molar-refractivity contribution in [1.82, 2.24) is 10.3 Å². The Morgan fingerprint density at radius 1 is 1.29 bits per heavy atom. The molecule has 0 saturated carbocycles. The monoisotopic (exact) mass is 232 g/mol. The van der Waals surface area contributed by atoms with Crippen LogP contribution in [0.15, 0.2) is 30.5 Å². The lowest BCUT2D eigenvalue weighted by molar-refractivity contribution is -0.136. The van der Waals surface area contributed by atoms with Crippen molar-refractivity contribution in [3.05, 3.63) is 36.0 Å². The molecule has 1 aromatic heterocycles.